The van der Waals surface area contributed by atoms with E-state index in [1.54, 1.807) is 6.08 Å². The van der Waals surface area contributed by atoms with Crippen molar-refractivity contribution in [1.29, 1.82) is 0 Å². The van der Waals surface area contributed by atoms with Crippen LogP contribution in [0.4, 0.5) is 0 Å². The lowest BCUT2D eigenvalue weighted by atomic mass is 10.0. The van der Waals surface area contributed by atoms with Crippen molar-refractivity contribution in [3.63, 3.8) is 0 Å². The Morgan fingerprint density at radius 2 is 0.588 bits per heavy atom. The summed E-state index contributed by atoms with van der Waals surface area (Å²) in [6.45, 7) is 4.91. The second-order valence-corrected chi connectivity index (χ2v) is 26.3. The lowest BCUT2D eigenvalue weighted by molar-refractivity contribution is -0.143. The van der Waals surface area contributed by atoms with E-state index in [4.69, 9.17) is 4.74 Å². The highest BCUT2D eigenvalue weighted by atomic mass is 16.5. The Kier molecular flexibility index (Phi) is 72.4. The maximum absolute atomic E-state index is 12.5. The first-order valence-corrected chi connectivity index (χ1v) is 38.4. The molecule has 0 aromatic carbocycles. The third-order valence-corrected chi connectivity index (χ3v) is 17.8. The van der Waals surface area contributed by atoms with Crippen molar-refractivity contribution in [2.45, 2.75) is 431 Å². The van der Waals surface area contributed by atoms with Gasteiger partial charge in [0.1, 0.15) is 0 Å². The number of carbonyl (C=O) groups excluding carboxylic acids is 2. The van der Waals surface area contributed by atoms with Crippen molar-refractivity contribution >= 4 is 11.9 Å². The summed E-state index contributed by atoms with van der Waals surface area (Å²) >= 11 is 0. The molecule has 0 saturated carbocycles. The molecule has 2 unspecified atom stereocenters. The summed E-state index contributed by atoms with van der Waals surface area (Å²) in [5.74, 6) is -0.0533. The van der Waals surface area contributed by atoms with Gasteiger partial charge in [0, 0.05) is 12.8 Å². The summed E-state index contributed by atoms with van der Waals surface area (Å²) in [6.07, 6.45) is 97.9. The second-order valence-electron chi connectivity index (χ2n) is 26.3. The van der Waals surface area contributed by atoms with Crippen LogP contribution in [0.15, 0.2) is 48.6 Å². The van der Waals surface area contributed by atoms with Gasteiger partial charge in [0.05, 0.1) is 25.4 Å². The molecule has 0 radical (unpaired) electrons. The Labute approximate surface area is 531 Å². The SMILES string of the molecule is CCCCC/C=C\C/C=C\CCCCCCCCCC(=O)OCCCCCCCCCCCCCC/C=C\CCCCCCCCCCCCCCCCC(=O)NC(CO)C(O)/C=C/CCCCCCCCCCCCCCCCCCCCC. The standard InChI is InChI=1S/C79H149NO5/c1-3-5-7-9-11-13-15-17-19-21-22-33-36-40-43-47-51-55-59-63-67-71-77(82)76(75-81)80-78(83)72-68-64-60-56-52-48-44-41-37-34-31-29-27-25-23-24-26-28-30-32-35-38-42-46-50-54-58-62-66-70-74-85-79(84)73-69-65-61-57-53-49-45-39-20-18-16-14-12-10-8-6-4-2/h12,14,18,20,24,26,67,71,76-77,81-82H,3-11,13,15-17,19,21-23,25,27-66,68-70,72-75H2,1-2H3,(H,80,83)/b14-12-,20-18-,26-24-,71-67+. The molecule has 0 aliphatic carbocycles. The van der Waals surface area contributed by atoms with Crippen LogP contribution in [0.1, 0.15) is 418 Å². The minimum atomic E-state index is -0.845. The Morgan fingerprint density at radius 3 is 0.929 bits per heavy atom. The molecule has 0 aliphatic heterocycles. The van der Waals surface area contributed by atoms with Crippen LogP contribution in [0.5, 0.6) is 0 Å². The smallest absolute Gasteiger partial charge is 0.305 e. The number of esters is 1. The number of allylic oxidation sites excluding steroid dienone is 7. The van der Waals surface area contributed by atoms with Gasteiger partial charge in [-0.3, -0.25) is 9.59 Å². The number of aliphatic hydroxyl groups is 2. The zero-order valence-electron chi connectivity index (χ0n) is 57.4. The third kappa shape index (κ3) is 70.8. The van der Waals surface area contributed by atoms with Gasteiger partial charge in [-0.1, -0.05) is 364 Å². The predicted octanol–water partition coefficient (Wildman–Crippen LogP) is 25.2. The van der Waals surface area contributed by atoms with E-state index in [-0.39, 0.29) is 18.5 Å². The molecule has 0 spiro atoms. The van der Waals surface area contributed by atoms with E-state index in [0.717, 1.165) is 51.4 Å². The number of hydrogen-bond donors (Lipinski definition) is 3. The van der Waals surface area contributed by atoms with E-state index in [0.29, 0.717) is 19.4 Å². The molecular weight excluding hydrogens is 1040 g/mol. The Hall–Kier alpha value is -2.18. The van der Waals surface area contributed by atoms with E-state index in [1.165, 1.54) is 340 Å². The van der Waals surface area contributed by atoms with E-state index in [9.17, 15) is 19.8 Å². The molecule has 3 N–H and O–H groups in total. The van der Waals surface area contributed by atoms with E-state index in [2.05, 4.69) is 55.6 Å². The highest BCUT2D eigenvalue weighted by Gasteiger charge is 2.18. The van der Waals surface area contributed by atoms with Gasteiger partial charge in [-0.15, -0.1) is 0 Å². The summed E-state index contributed by atoms with van der Waals surface area (Å²) in [5, 5.41) is 23.3. The fourth-order valence-electron chi connectivity index (χ4n) is 12.0. The molecule has 0 bridgehead atoms. The maximum Gasteiger partial charge on any atom is 0.305 e. The third-order valence-electron chi connectivity index (χ3n) is 17.8. The lowest BCUT2D eigenvalue weighted by Gasteiger charge is -2.20. The van der Waals surface area contributed by atoms with Crippen molar-refractivity contribution in [2.24, 2.45) is 0 Å². The average Bonchev–Trinajstić information content (AvgIpc) is 3.51. The molecule has 0 aromatic heterocycles. The number of unbranched alkanes of at least 4 members (excludes halogenated alkanes) is 55. The van der Waals surface area contributed by atoms with Gasteiger partial charge in [0.25, 0.3) is 0 Å². The van der Waals surface area contributed by atoms with Crippen LogP contribution in [-0.4, -0.2) is 47.4 Å². The minimum Gasteiger partial charge on any atom is -0.466 e. The Balaban J connectivity index is 3.39. The minimum absolute atomic E-state index is 0.00943. The van der Waals surface area contributed by atoms with Crippen molar-refractivity contribution in [1.82, 2.24) is 5.32 Å². The van der Waals surface area contributed by atoms with Gasteiger partial charge in [-0.05, 0) is 89.9 Å². The summed E-state index contributed by atoms with van der Waals surface area (Å²) in [4.78, 5) is 24.6. The molecule has 6 heteroatoms. The van der Waals surface area contributed by atoms with Crippen LogP contribution >= 0.6 is 0 Å². The zero-order chi connectivity index (χ0) is 61.3. The fourth-order valence-corrected chi connectivity index (χ4v) is 12.0. The molecule has 85 heavy (non-hydrogen) atoms. The number of hydrogen-bond acceptors (Lipinski definition) is 5. The molecule has 0 aromatic rings. The lowest BCUT2D eigenvalue weighted by Crippen LogP contribution is -2.45. The summed E-state index contributed by atoms with van der Waals surface area (Å²) in [7, 11) is 0. The van der Waals surface area contributed by atoms with Gasteiger partial charge < -0.3 is 20.3 Å². The molecule has 0 rings (SSSR count). The number of nitrogens with one attached hydrogen (secondary N) is 1. The number of rotatable bonds is 72. The van der Waals surface area contributed by atoms with E-state index in [1.807, 2.05) is 6.08 Å². The Bertz CT molecular complexity index is 1420. The second kappa shape index (κ2) is 74.3. The first-order chi connectivity index (χ1) is 42.0. The monoisotopic (exact) mass is 1190 g/mol. The average molecular weight is 1190 g/mol. The normalized spacial score (nSPS) is 12.8. The molecule has 2 atom stereocenters. The van der Waals surface area contributed by atoms with Crippen LogP contribution < -0.4 is 5.32 Å². The number of amides is 1. The van der Waals surface area contributed by atoms with E-state index < -0.39 is 12.1 Å². The molecular formula is C79H149NO5. The van der Waals surface area contributed by atoms with Crippen LogP contribution in [-0.2, 0) is 14.3 Å². The van der Waals surface area contributed by atoms with Gasteiger partial charge in [0.2, 0.25) is 5.91 Å². The van der Waals surface area contributed by atoms with Crippen molar-refractivity contribution in [2.75, 3.05) is 13.2 Å². The summed E-state index contributed by atoms with van der Waals surface area (Å²) in [5.41, 5.74) is 0. The molecule has 0 aliphatic rings. The molecule has 0 heterocycles. The topological polar surface area (TPSA) is 95.9 Å². The zero-order valence-corrected chi connectivity index (χ0v) is 57.4. The van der Waals surface area contributed by atoms with Crippen LogP contribution in [0, 0.1) is 0 Å². The first kappa shape index (κ1) is 82.8. The van der Waals surface area contributed by atoms with E-state index >= 15 is 0 Å². The van der Waals surface area contributed by atoms with Gasteiger partial charge >= 0.3 is 5.97 Å². The van der Waals surface area contributed by atoms with Crippen LogP contribution in [0.25, 0.3) is 0 Å². The molecule has 6 nitrogen and oxygen atoms in total. The number of carbonyl (C=O) groups is 2. The van der Waals surface area contributed by atoms with Crippen molar-refractivity contribution in [3.8, 4) is 0 Å². The maximum atomic E-state index is 12.5. The molecule has 0 saturated heterocycles. The Morgan fingerprint density at radius 1 is 0.329 bits per heavy atom. The molecule has 500 valence electrons. The van der Waals surface area contributed by atoms with Gasteiger partial charge in [0.15, 0.2) is 0 Å². The highest BCUT2D eigenvalue weighted by Crippen LogP contribution is 2.19. The van der Waals surface area contributed by atoms with Gasteiger partial charge in [-0.2, -0.15) is 0 Å². The predicted molar refractivity (Wildman–Crippen MR) is 375 cm³/mol. The fraction of sp³-hybridized carbons (Fsp3) is 0.873. The highest BCUT2D eigenvalue weighted by molar-refractivity contribution is 5.76. The summed E-state index contributed by atoms with van der Waals surface area (Å²) in [6, 6.07) is -0.628. The summed E-state index contributed by atoms with van der Waals surface area (Å²) < 4.78 is 5.50. The molecule has 1 amide bonds. The van der Waals surface area contributed by atoms with Crippen LogP contribution in [0.2, 0.25) is 0 Å². The van der Waals surface area contributed by atoms with Crippen molar-refractivity contribution in [3.05, 3.63) is 48.6 Å². The van der Waals surface area contributed by atoms with Crippen LogP contribution in [0.3, 0.4) is 0 Å². The van der Waals surface area contributed by atoms with Gasteiger partial charge in [-0.25, -0.2) is 0 Å². The van der Waals surface area contributed by atoms with Crippen molar-refractivity contribution < 1.29 is 24.5 Å². The molecule has 0 fully saturated rings. The number of ether oxygens (including phenoxy) is 1. The first-order valence-electron chi connectivity index (χ1n) is 38.4. The largest absolute Gasteiger partial charge is 0.466 e. The number of aliphatic hydroxyl groups excluding tert-OH is 2. The quantitative estimate of drug-likeness (QED) is 0.0320.